The number of rotatable bonds is 1. The molecule has 3 rings (SSSR count). The summed E-state index contributed by atoms with van der Waals surface area (Å²) in [7, 11) is 2.22. The van der Waals surface area contributed by atoms with Gasteiger partial charge in [-0.1, -0.05) is 24.3 Å². The Balaban J connectivity index is 2.08. The van der Waals surface area contributed by atoms with Gasteiger partial charge < -0.3 is 0 Å². The molecule has 78 valence electrons. The first-order valence-electron chi connectivity index (χ1n) is 5.51. The van der Waals surface area contributed by atoms with E-state index in [4.69, 9.17) is 0 Å². The molecule has 1 atom stereocenters. The smallest absolute Gasteiger partial charge is 0.149 e. The monoisotopic (exact) mass is 208 g/mol. The van der Waals surface area contributed by atoms with Crippen LogP contribution < -0.4 is 0 Å². The van der Waals surface area contributed by atoms with Crippen LogP contribution in [0.5, 0.6) is 0 Å². The number of benzene rings is 1. The van der Waals surface area contributed by atoms with Crippen molar-refractivity contribution in [3.8, 4) is 0 Å². The van der Waals surface area contributed by atoms with E-state index >= 15 is 0 Å². The predicted molar refractivity (Wildman–Crippen MR) is 67.0 cm³/mol. The van der Waals surface area contributed by atoms with Crippen molar-refractivity contribution in [1.82, 2.24) is 0 Å². The van der Waals surface area contributed by atoms with Gasteiger partial charge >= 0.3 is 0 Å². The molecule has 1 aromatic rings. The Hall–Kier alpha value is -1.86. The molecule has 0 fully saturated rings. The number of fused-ring (bicyclic) bond motifs is 1. The Morgan fingerprint density at radius 3 is 2.56 bits per heavy atom. The van der Waals surface area contributed by atoms with E-state index in [-0.39, 0.29) is 0 Å². The molecule has 1 unspecified atom stereocenters. The SMILES string of the molecule is C[N+]12C=CC=CC1=CC=C2c1ccccc1. The van der Waals surface area contributed by atoms with Crippen molar-refractivity contribution in [2.45, 2.75) is 0 Å². The third kappa shape index (κ3) is 1.22. The van der Waals surface area contributed by atoms with Gasteiger partial charge in [-0.3, -0.25) is 0 Å². The highest BCUT2D eigenvalue weighted by atomic mass is 15.3. The Kier molecular flexibility index (Phi) is 1.95. The lowest BCUT2D eigenvalue weighted by Gasteiger charge is -2.30. The molecule has 16 heavy (non-hydrogen) atoms. The maximum absolute atomic E-state index is 2.22. The Morgan fingerprint density at radius 1 is 0.938 bits per heavy atom. The van der Waals surface area contributed by atoms with Crippen LogP contribution in [0.1, 0.15) is 5.56 Å². The van der Waals surface area contributed by atoms with Crippen LogP contribution in [0.4, 0.5) is 0 Å². The van der Waals surface area contributed by atoms with Gasteiger partial charge in [0.25, 0.3) is 0 Å². The van der Waals surface area contributed by atoms with Crippen molar-refractivity contribution in [2.75, 3.05) is 7.05 Å². The molecule has 0 aliphatic carbocycles. The topological polar surface area (TPSA) is 0 Å². The van der Waals surface area contributed by atoms with Crippen LogP contribution in [0.3, 0.4) is 0 Å². The summed E-state index contributed by atoms with van der Waals surface area (Å²) in [6, 6.07) is 10.6. The standard InChI is InChI=1S/C15H14N/c1-16-12-6-5-9-14(16)10-11-15(16)13-7-3-2-4-8-13/h2-12H,1H3/q+1. The van der Waals surface area contributed by atoms with E-state index < -0.39 is 0 Å². The second-order valence-corrected chi connectivity index (χ2v) is 4.29. The van der Waals surface area contributed by atoms with Gasteiger partial charge in [-0.25, -0.2) is 4.48 Å². The summed E-state index contributed by atoms with van der Waals surface area (Å²) < 4.78 is 0.778. The molecule has 0 aromatic heterocycles. The number of quaternary nitrogens is 1. The van der Waals surface area contributed by atoms with E-state index in [0.717, 1.165) is 4.48 Å². The molecule has 1 aromatic carbocycles. The fraction of sp³-hybridized carbons (Fsp3) is 0.0667. The highest BCUT2D eigenvalue weighted by Crippen LogP contribution is 2.38. The molecule has 0 N–H and O–H groups in total. The van der Waals surface area contributed by atoms with Crippen LogP contribution in [-0.2, 0) is 0 Å². The Labute approximate surface area is 95.9 Å². The quantitative estimate of drug-likeness (QED) is 0.620. The number of allylic oxidation sites excluding steroid dienone is 5. The van der Waals surface area contributed by atoms with Crippen molar-refractivity contribution in [1.29, 1.82) is 0 Å². The van der Waals surface area contributed by atoms with Crippen molar-refractivity contribution < 1.29 is 4.48 Å². The molecule has 0 saturated carbocycles. The zero-order valence-electron chi connectivity index (χ0n) is 9.30. The Bertz CT molecular complexity index is 532. The van der Waals surface area contributed by atoms with Gasteiger partial charge in [0.2, 0.25) is 0 Å². The van der Waals surface area contributed by atoms with Crippen LogP contribution in [0.2, 0.25) is 0 Å². The predicted octanol–water partition coefficient (Wildman–Crippen LogP) is 3.46. The average molecular weight is 208 g/mol. The van der Waals surface area contributed by atoms with E-state index in [1.165, 1.54) is 17.0 Å². The van der Waals surface area contributed by atoms with Gasteiger partial charge in [0.15, 0.2) is 0 Å². The summed E-state index contributed by atoms with van der Waals surface area (Å²) in [5, 5.41) is 0. The van der Waals surface area contributed by atoms with Gasteiger partial charge in [-0.05, 0) is 18.2 Å². The molecule has 0 saturated heterocycles. The lowest BCUT2D eigenvalue weighted by molar-refractivity contribution is -0.737. The highest BCUT2D eigenvalue weighted by molar-refractivity contribution is 5.66. The third-order valence-electron chi connectivity index (χ3n) is 3.28. The maximum atomic E-state index is 2.22. The van der Waals surface area contributed by atoms with E-state index in [2.05, 4.69) is 74.0 Å². The molecule has 0 radical (unpaired) electrons. The first kappa shape index (κ1) is 9.37. The minimum absolute atomic E-state index is 0.778. The number of likely N-dealkylation sites (N-methyl/N-ethyl adjacent to an activating group) is 1. The van der Waals surface area contributed by atoms with Crippen LogP contribution in [0.15, 0.2) is 72.6 Å². The van der Waals surface area contributed by atoms with Crippen LogP contribution in [0.25, 0.3) is 5.70 Å². The largest absolute Gasteiger partial charge is 0.235 e. The minimum Gasteiger partial charge on any atom is -0.235 e. The van der Waals surface area contributed by atoms with Gasteiger partial charge in [-0.2, -0.15) is 0 Å². The maximum Gasteiger partial charge on any atom is 0.149 e. The lowest BCUT2D eigenvalue weighted by Crippen LogP contribution is -2.33. The average Bonchev–Trinajstić information content (AvgIpc) is 2.67. The molecule has 1 heteroatoms. The van der Waals surface area contributed by atoms with Gasteiger partial charge in [0.1, 0.15) is 17.6 Å². The zero-order chi connectivity index (χ0) is 11.0. The lowest BCUT2D eigenvalue weighted by atomic mass is 10.1. The minimum atomic E-state index is 0.778. The van der Waals surface area contributed by atoms with Crippen molar-refractivity contribution in [3.05, 3.63) is 78.2 Å². The normalized spacial score (nSPS) is 26.3. The molecule has 2 heterocycles. The summed E-state index contributed by atoms with van der Waals surface area (Å²) >= 11 is 0. The van der Waals surface area contributed by atoms with Crippen LogP contribution in [-0.4, -0.2) is 11.5 Å². The third-order valence-corrected chi connectivity index (χ3v) is 3.28. The summed E-state index contributed by atoms with van der Waals surface area (Å²) in [4.78, 5) is 0. The second kappa shape index (κ2) is 3.32. The number of nitrogens with zero attached hydrogens (tertiary/aromatic N) is 1. The zero-order valence-corrected chi connectivity index (χ0v) is 9.30. The first-order chi connectivity index (χ1) is 7.81. The Morgan fingerprint density at radius 2 is 1.75 bits per heavy atom. The first-order valence-corrected chi connectivity index (χ1v) is 5.51. The van der Waals surface area contributed by atoms with Gasteiger partial charge in [0.05, 0.1) is 7.05 Å². The second-order valence-electron chi connectivity index (χ2n) is 4.29. The van der Waals surface area contributed by atoms with E-state index in [0.29, 0.717) is 0 Å². The van der Waals surface area contributed by atoms with Crippen molar-refractivity contribution in [2.24, 2.45) is 0 Å². The molecule has 2 aliphatic rings. The van der Waals surface area contributed by atoms with Crippen LogP contribution in [0, 0.1) is 0 Å². The van der Waals surface area contributed by atoms with Crippen molar-refractivity contribution in [3.63, 3.8) is 0 Å². The van der Waals surface area contributed by atoms with Gasteiger partial charge in [0, 0.05) is 23.8 Å². The fourth-order valence-electron chi connectivity index (χ4n) is 2.34. The molecular weight excluding hydrogens is 194 g/mol. The molecular formula is C15H14N+. The summed E-state index contributed by atoms with van der Waals surface area (Å²) in [6.45, 7) is 0. The summed E-state index contributed by atoms with van der Waals surface area (Å²) in [5.74, 6) is 0. The molecule has 0 bridgehead atoms. The molecule has 2 aliphatic heterocycles. The molecule has 1 nitrogen and oxygen atoms in total. The highest BCUT2D eigenvalue weighted by Gasteiger charge is 2.34. The number of hydrogen-bond donors (Lipinski definition) is 0. The summed E-state index contributed by atoms with van der Waals surface area (Å²) in [5.41, 5.74) is 3.94. The molecule has 0 amide bonds. The molecule has 0 spiro atoms. The van der Waals surface area contributed by atoms with E-state index in [1.54, 1.807) is 0 Å². The fourth-order valence-corrected chi connectivity index (χ4v) is 2.34. The van der Waals surface area contributed by atoms with Gasteiger partial charge in [-0.15, -0.1) is 0 Å². The summed E-state index contributed by atoms with van der Waals surface area (Å²) in [6.07, 6.45) is 13.0. The number of hydrogen-bond acceptors (Lipinski definition) is 0. The van der Waals surface area contributed by atoms with E-state index in [9.17, 15) is 0 Å². The van der Waals surface area contributed by atoms with Crippen LogP contribution >= 0.6 is 0 Å². The van der Waals surface area contributed by atoms with E-state index in [1.807, 2.05) is 0 Å². The van der Waals surface area contributed by atoms with Crippen molar-refractivity contribution >= 4 is 5.70 Å².